The monoisotopic (exact) mass is 396 g/mol. The van der Waals surface area contributed by atoms with E-state index in [-0.39, 0.29) is 6.10 Å². The number of anilines is 1. The summed E-state index contributed by atoms with van der Waals surface area (Å²) in [6, 6.07) is 16.3. The van der Waals surface area contributed by atoms with Gasteiger partial charge in [-0.3, -0.25) is 5.32 Å². The lowest BCUT2D eigenvalue weighted by atomic mass is 9.80. The van der Waals surface area contributed by atoms with E-state index in [4.69, 9.17) is 4.74 Å². The summed E-state index contributed by atoms with van der Waals surface area (Å²) in [5.74, 6) is 0. The summed E-state index contributed by atoms with van der Waals surface area (Å²) in [5.41, 5.74) is 3.50. The molecule has 5 heteroatoms. The number of benzene rings is 2. The van der Waals surface area contributed by atoms with Gasteiger partial charge in [-0.15, -0.1) is 0 Å². The fourth-order valence-corrected chi connectivity index (χ4v) is 4.21. The zero-order valence-electron chi connectivity index (χ0n) is 18.0. The quantitative estimate of drug-likeness (QED) is 0.712. The van der Waals surface area contributed by atoms with Crippen LogP contribution in [-0.2, 0) is 11.2 Å². The zero-order chi connectivity index (χ0) is 21.2. The maximum Gasteiger partial charge on any atom is 0.411 e. The van der Waals surface area contributed by atoms with Crippen LogP contribution in [0.1, 0.15) is 57.2 Å². The van der Waals surface area contributed by atoms with Crippen molar-refractivity contribution in [2.24, 2.45) is 0 Å². The highest BCUT2D eigenvalue weighted by Gasteiger charge is 2.46. The standard InChI is InChI=1S/C24H32N2O3/c1-17-6-8-18(9-7-17)14-19-10-12-20(13-11-19)25-22(27)29-21-15-23(2,3)26(28)24(4,5)16-21/h6-13,21,28H,14-16H2,1-5H3,(H,25,27). The van der Waals surface area contributed by atoms with Gasteiger partial charge in [0.15, 0.2) is 0 Å². The topological polar surface area (TPSA) is 61.8 Å². The van der Waals surface area contributed by atoms with Crippen molar-refractivity contribution in [2.45, 2.75) is 71.1 Å². The van der Waals surface area contributed by atoms with Crippen molar-refractivity contribution >= 4 is 11.8 Å². The van der Waals surface area contributed by atoms with E-state index in [1.165, 1.54) is 21.8 Å². The van der Waals surface area contributed by atoms with Gasteiger partial charge >= 0.3 is 6.09 Å². The van der Waals surface area contributed by atoms with Crippen LogP contribution in [0.4, 0.5) is 10.5 Å². The smallest absolute Gasteiger partial charge is 0.411 e. The predicted molar refractivity (Wildman–Crippen MR) is 115 cm³/mol. The third-order valence-electron chi connectivity index (χ3n) is 5.60. The number of amides is 1. The summed E-state index contributed by atoms with van der Waals surface area (Å²) in [6.07, 6.45) is 1.31. The second kappa shape index (κ2) is 8.17. The van der Waals surface area contributed by atoms with Gasteiger partial charge in [-0.25, -0.2) is 4.79 Å². The second-order valence-electron chi connectivity index (χ2n) is 9.36. The highest BCUT2D eigenvalue weighted by Crippen LogP contribution is 2.38. The molecule has 3 rings (SSSR count). The number of carbonyl (C=O) groups is 1. The fourth-order valence-electron chi connectivity index (χ4n) is 4.21. The lowest BCUT2D eigenvalue weighted by Crippen LogP contribution is -2.60. The zero-order valence-corrected chi connectivity index (χ0v) is 18.0. The number of nitrogens with one attached hydrogen (secondary N) is 1. The lowest BCUT2D eigenvalue weighted by Gasteiger charge is -2.50. The summed E-state index contributed by atoms with van der Waals surface area (Å²) in [6.45, 7) is 9.90. The number of rotatable bonds is 4. The molecule has 0 aliphatic carbocycles. The van der Waals surface area contributed by atoms with Crippen molar-refractivity contribution in [3.05, 3.63) is 65.2 Å². The van der Waals surface area contributed by atoms with Crippen LogP contribution in [0.15, 0.2) is 48.5 Å². The van der Waals surface area contributed by atoms with Crippen LogP contribution in [0, 0.1) is 6.92 Å². The van der Waals surface area contributed by atoms with Crippen LogP contribution < -0.4 is 5.32 Å². The van der Waals surface area contributed by atoms with Crippen LogP contribution >= 0.6 is 0 Å². The average molecular weight is 397 g/mol. The largest absolute Gasteiger partial charge is 0.446 e. The number of carbonyl (C=O) groups excluding carboxylic acids is 1. The maximum atomic E-state index is 12.4. The minimum absolute atomic E-state index is 0.246. The molecule has 156 valence electrons. The number of hydrogen-bond acceptors (Lipinski definition) is 4. The molecule has 0 aromatic heterocycles. The van der Waals surface area contributed by atoms with Crippen molar-refractivity contribution in [2.75, 3.05) is 5.32 Å². The molecule has 2 N–H and O–H groups in total. The minimum Gasteiger partial charge on any atom is -0.446 e. The molecule has 0 radical (unpaired) electrons. The molecule has 1 aliphatic rings. The number of aryl methyl sites for hydroxylation is 1. The van der Waals surface area contributed by atoms with Gasteiger partial charge in [0.1, 0.15) is 6.10 Å². The summed E-state index contributed by atoms with van der Waals surface area (Å²) in [4.78, 5) is 12.4. The first-order valence-corrected chi connectivity index (χ1v) is 10.2. The van der Waals surface area contributed by atoms with Crippen molar-refractivity contribution < 1.29 is 14.7 Å². The van der Waals surface area contributed by atoms with Gasteiger partial charge in [-0.1, -0.05) is 42.0 Å². The van der Waals surface area contributed by atoms with Crippen LogP contribution in [0.25, 0.3) is 0 Å². The first-order chi connectivity index (χ1) is 13.5. The lowest BCUT2D eigenvalue weighted by molar-refractivity contribution is -0.256. The summed E-state index contributed by atoms with van der Waals surface area (Å²) in [5, 5.41) is 14.6. The van der Waals surface area contributed by atoms with E-state index in [0.29, 0.717) is 18.5 Å². The van der Waals surface area contributed by atoms with Crippen molar-refractivity contribution in [1.82, 2.24) is 5.06 Å². The molecule has 1 amide bonds. The maximum absolute atomic E-state index is 12.4. The first-order valence-electron chi connectivity index (χ1n) is 10.2. The van der Waals surface area contributed by atoms with Gasteiger partial charge in [0.2, 0.25) is 0 Å². The summed E-state index contributed by atoms with van der Waals surface area (Å²) in [7, 11) is 0. The van der Waals surface area contributed by atoms with Gasteiger partial charge < -0.3 is 9.94 Å². The Morgan fingerprint density at radius 3 is 2.00 bits per heavy atom. The van der Waals surface area contributed by atoms with Crippen LogP contribution in [0.3, 0.4) is 0 Å². The Bertz CT molecular complexity index is 823. The molecule has 0 spiro atoms. The average Bonchev–Trinajstić information content (AvgIpc) is 2.62. The summed E-state index contributed by atoms with van der Waals surface area (Å²) >= 11 is 0. The van der Waals surface area contributed by atoms with Crippen LogP contribution in [0.2, 0.25) is 0 Å². The molecule has 0 unspecified atom stereocenters. The van der Waals surface area contributed by atoms with Crippen molar-refractivity contribution in [1.29, 1.82) is 0 Å². The minimum atomic E-state index is -0.459. The summed E-state index contributed by atoms with van der Waals surface area (Å²) < 4.78 is 5.66. The molecule has 1 heterocycles. The molecular weight excluding hydrogens is 364 g/mol. The first kappa shape index (κ1) is 21.3. The van der Waals surface area contributed by atoms with E-state index < -0.39 is 17.2 Å². The fraction of sp³-hybridized carbons (Fsp3) is 0.458. The molecule has 0 bridgehead atoms. The van der Waals surface area contributed by atoms with Crippen LogP contribution in [0.5, 0.6) is 0 Å². The van der Waals surface area contributed by atoms with E-state index in [9.17, 15) is 10.0 Å². The van der Waals surface area contributed by atoms with E-state index >= 15 is 0 Å². The van der Waals surface area contributed by atoms with Crippen LogP contribution in [-0.4, -0.2) is 33.5 Å². The number of piperidine rings is 1. The number of hydrogen-bond donors (Lipinski definition) is 2. The molecule has 29 heavy (non-hydrogen) atoms. The van der Waals surface area contributed by atoms with E-state index in [0.717, 1.165) is 6.42 Å². The van der Waals surface area contributed by atoms with E-state index in [1.54, 1.807) is 0 Å². The molecular formula is C24H32N2O3. The molecule has 1 saturated heterocycles. The van der Waals surface area contributed by atoms with Gasteiger partial charge in [-0.2, -0.15) is 5.06 Å². The molecule has 0 saturated carbocycles. The molecule has 2 aromatic carbocycles. The molecule has 1 fully saturated rings. The highest BCUT2D eigenvalue weighted by molar-refractivity contribution is 5.84. The van der Waals surface area contributed by atoms with Gasteiger partial charge in [-0.05, 0) is 64.3 Å². The van der Waals surface area contributed by atoms with Gasteiger partial charge in [0.05, 0.1) is 0 Å². The van der Waals surface area contributed by atoms with Gasteiger partial charge in [0.25, 0.3) is 0 Å². The van der Waals surface area contributed by atoms with Crippen molar-refractivity contribution in [3.8, 4) is 0 Å². The third-order valence-corrected chi connectivity index (χ3v) is 5.60. The van der Waals surface area contributed by atoms with E-state index in [2.05, 4.69) is 36.5 Å². The third kappa shape index (κ3) is 5.37. The van der Waals surface area contributed by atoms with E-state index in [1.807, 2.05) is 52.0 Å². The normalized spacial score (nSPS) is 19.0. The Hall–Kier alpha value is -2.37. The Morgan fingerprint density at radius 2 is 1.48 bits per heavy atom. The SMILES string of the molecule is Cc1ccc(Cc2ccc(NC(=O)OC3CC(C)(C)N(O)C(C)(C)C3)cc2)cc1. The number of nitrogens with zero attached hydrogens (tertiary/aromatic N) is 1. The Kier molecular flexibility index (Phi) is 6.01. The van der Waals surface area contributed by atoms with Crippen molar-refractivity contribution in [3.63, 3.8) is 0 Å². The second-order valence-corrected chi connectivity index (χ2v) is 9.36. The number of ether oxygens (including phenoxy) is 1. The molecule has 1 aliphatic heterocycles. The number of hydroxylamine groups is 2. The molecule has 2 aromatic rings. The Balaban J connectivity index is 1.56. The predicted octanol–water partition coefficient (Wildman–Crippen LogP) is 5.55. The molecule has 0 atom stereocenters. The Labute approximate surface area is 173 Å². The highest BCUT2D eigenvalue weighted by atomic mass is 16.6. The van der Waals surface area contributed by atoms with Gasteiger partial charge in [0, 0.05) is 29.6 Å². The molecule has 5 nitrogen and oxygen atoms in total. The Morgan fingerprint density at radius 1 is 1.00 bits per heavy atom.